The number of methoxy groups -OCH3 is 1. The maximum Gasteiger partial charge on any atom is 0.350 e. The van der Waals surface area contributed by atoms with E-state index in [4.69, 9.17) is 14.5 Å². The molecule has 1 aromatic carbocycles. The normalized spacial score (nSPS) is 15.4. The minimum atomic E-state index is -2.94. The quantitative estimate of drug-likeness (QED) is 0.308. The van der Waals surface area contributed by atoms with Gasteiger partial charge in [0.25, 0.3) is 0 Å². The topological polar surface area (TPSA) is 134 Å². The Balaban J connectivity index is 0.000000184. The van der Waals surface area contributed by atoms with E-state index in [2.05, 4.69) is 14.4 Å². The van der Waals surface area contributed by atoms with Gasteiger partial charge in [-0.2, -0.15) is 0 Å². The highest BCUT2D eigenvalue weighted by Gasteiger charge is 2.55. The predicted molar refractivity (Wildman–Crippen MR) is 164 cm³/mol. The molecule has 230 valence electrons. The van der Waals surface area contributed by atoms with Crippen LogP contribution in [0, 0.1) is 5.92 Å². The van der Waals surface area contributed by atoms with Crippen molar-refractivity contribution >= 4 is 44.3 Å². The van der Waals surface area contributed by atoms with Crippen molar-refractivity contribution in [2.24, 2.45) is 5.92 Å². The number of sulfonamides is 1. The van der Waals surface area contributed by atoms with Crippen molar-refractivity contribution in [3.05, 3.63) is 41.8 Å². The summed E-state index contributed by atoms with van der Waals surface area (Å²) in [5.74, 6) is -0.386. The lowest BCUT2D eigenvalue weighted by Gasteiger charge is -2.15. The second kappa shape index (κ2) is 14.4. The number of hydrogen-bond donors (Lipinski definition) is 1. The lowest BCUT2D eigenvalue weighted by molar-refractivity contribution is -0.171. The van der Waals surface area contributed by atoms with Crippen LogP contribution in [0.2, 0.25) is 0 Å². The fourth-order valence-corrected chi connectivity index (χ4v) is 5.94. The first-order valence-corrected chi connectivity index (χ1v) is 16.5. The number of thiophene rings is 1. The molecular formula is C30H41N3O7S2. The first kappa shape index (κ1) is 33.4. The molecule has 0 spiro atoms. The number of esters is 2. The van der Waals surface area contributed by atoms with E-state index in [0.717, 1.165) is 34.4 Å². The standard InChI is InChI=1S/C15H14N2OS.C9H14O4.C6H13NO2S/c1-10(2)18-15-14(13-8-5-9-19-13)16-11-6-3-4-7-12(11)17-15;1-6(2)7(10)13-9(4-5-9)8(11)12-3;1-5(2)7-10(8,9)6-3-4-6/h3-10H,1-2H3;6H,4-5H2,1-3H3;5-7H,3-4H2,1-2H3. The highest BCUT2D eigenvalue weighted by atomic mass is 32.2. The monoisotopic (exact) mass is 619 g/mol. The van der Waals surface area contributed by atoms with E-state index in [0.29, 0.717) is 18.7 Å². The fraction of sp³-hybridized carbons (Fsp3) is 0.533. The average Bonchev–Trinajstić information content (AvgIpc) is 3.86. The largest absolute Gasteiger partial charge is 0.473 e. The highest BCUT2D eigenvalue weighted by molar-refractivity contribution is 7.90. The van der Waals surface area contributed by atoms with Crippen LogP contribution in [0.5, 0.6) is 5.88 Å². The Labute approximate surface area is 252 Å². The molecule has 2 aromatic heterocycles. The molecule has 0 bridgehead atoms. The van der Waals surface area contributed by atoms with Crippen LogP contribution in [0.4, 0.5) is 0 Å². The number of rotatable bonds is 9. The van der Waals surface area contributed by atoms with Gasteiger partial charge in [-0.05, 0) is 64.1 Å². The van der Waals surface area contributed by atoms with Gasteiger partial charge in [-0.25, -0.2) is 27.9 Å². The second-order valence-electron chi connectivity index (χ2n) is 11.1. The predicted octanol–water partition coefficient (Wildman–Crippen LogP) is 5.51. The van der Waals surface area contributed by atoms with E-state index in [1.807, 2.05) is 69.5 Å². The molecule has 2 saturated carbocycles. The van der Waals surface area contributed by atoms with Gasteiger partial charge in [0.05, 0.1) is 40.3 Å². The fourth-order valence-electron chi connectivity index (χ4n) is 3.62. The molecule has 0 atom stereocenters. The maximum absolute atomic E-state index is 11.2. The molecule has 2 aliphatic rings. The third kappa shape index (κ3) is 9.47. The van der Waals surface area contributed by atoms with Crippen molar-refractivity contribution in [1.29, 1.82) is 0 Å². The number of aromatic nitrogens is 2. The summed E-state index contributed by atoms with van der Waals surface area (Å²) in [6, 6.07) is 11.9. The number of ether oxygens (including phenoxy) is 3. The maximum atomic E-state index is 11.2. The number of hydrogen-bond acceptors (Lipinski definition) is 10. The summed E-state index contributed by atoms with van der Waals surface area (Å²) in [6.07, 6.45) is 2.91. The SMILES string of the molecule is CC(C)NS(=O)(=O)C1CC1.CC(C)Oc1nc2ccccc2nc1-c1cccs1.COC(=O)C1(OC(=O)C(C)C)CC1. The van der Waals surface area contributed by atoms with Crippen LogP contribution in [0.3, 0.4) is 0 Å². The number of benzene rings is 1. The van der Waals surface area contributed by atoms with E-state index in [1.54, 1.807) is 25.2 Å². The number of carbonyl (C=O) groups excluding carboxylic acids is 2. The highest BCUT2D eigenvalue weighted by Crippen LogP contribution is 2.41. The number of nitrogens with one attached hydrogen (secondary N) is 1. The summed E-state index contributed by atoms with van der Waals surface area (Å²) in [6.45, 7) is 11.1. The van der Waals surface area contributed by atoms with Gasteiger partial charge in [-0.1, -0.05) is 32.0 Å². The van der Waals surface area contributed by atoms with E-state index < -0.39 is 21.6 Å². The molecule has 5 rings (SSSR count). The Hall–Kier alpha value is -3.09. The Morgan fingerprint density at radius 2 is 1.60 bits per heavy atom. The Morgan fingerprint density at radius 1 is 0.976 bits per heavy atom. The van der Waals surface area contributed by atoms with Gasteiger partial charge in [0, 0.05) is 18.9 Å². The summed E-state index contributed by atoms with van der Waals surface area (Å²) < 4.78 is 40.1. The molecule has 2 aliphatic carbocycles. The van der Waals surface area contributed by atoms with Crippen molar-refractivity contribution in [3.63, 3.8) is 0 Å². The molecule has 10 nitrogen and oxygen atoms in total. The van der Waals surface area contributed by atoms with Crippen LogP contribution >= 0.6 is 11.3 Å². The summed E-state index contributed by atoms with van der Waals surface area (Å²) >= 11 is 1.64. The molecule has 42 heavy (non-hydrogen) atoms. The van der Waals surface area contributed by atoms with E-state index in [1.165, 1.54) is 7.11 Å². The number of carbonyl (C=O) groups is 2. The third-order valence-electron chi connectivity index (χ3n) is 6.03. The molecular weight excluding hydrogens is 578 g/mol. The van der Waals surface area contributed by atoms with Gasteiger partial charge in [0.1, 0.15) is 5.69 Å². The Morgan fingerprint density at radius 3 is 2.05 bits per heavy atom. The summed E-state index contributed by atoms with van der Waals surface area (Å²) in [7, 11) is -1.64. The minimum Gasteiger partial charge on any atom is -0.473 e. The summed E-state index contributed by atoms with van der Waals surface area (Å²) in [5.41, 5.74) is 1.62. The van der Waals surface area contributed by atoms with E-state index in [9.17, 15) is 18.0 Å². The molecule has 0 unspecified atom stereocenters. The molecule has 1 N–H and O–H groups in total. The van der Waals surface area contributed by atoms with Gasteiger partial charge < -0.3 is 14.2 Å². The second-order valence-corrected chi connectivity index (χ2v) is 14.0. The Kier molecular flexibility index (Phi) is 11.4. The number of para-hydroxylation sites is 2. The first-order valence-electron chi connectivity index (χ1n) is 14.1. The average molecular weight is 620 g/mol. The van der Waals surface area contributed by atoms with E-state index in [-0.39, 0.29) is 29.3 Å². The van der Waals surface area contributed by atoms with Crippen LogP contribution in [0.15, 0.2) is 41.8 Å². The Bertz CT molecular complexity index is 1450. The van der Waals surface area contributed by atoms with Crippen LogP contribution in [-0.2, 0) is 29.1 Å². The smallest absolute Gasteiger partial charge is 0.350 e. The molecule has 12 heteroatoms. The number of fused-ring (bicyclic) bond motifs is 1. The van der Waals surface area contributed by atoms with Crippen LogP contribution in [0.1, 0.15) is 67.2 Å². The molecule has 2 heterocycles. The van der Waals surface area contributed by atoms with Crippen molar-refractivity contribution in [2.75, 3.05) is 7.11 Å². The minimum absolute atomic E-state index is 0.0330. The van der Waals surface area contributed by atoms with Gasteiger partial charge >= 0.3 is 11.9 Å². The first-order chi connectivity index (χ1) is 19.8. The lowest BCUT2D eigenvalue weighted by atomic mass is 10.2. The van der Waals surface area contributed by atoms with Gasteiger partial charge in [-0.3, -0.25) is 4.79 Å². The zero-order chi connectivity index (χ0) is 31.1. The summed E-state index contributed by atoms with van der Waals surface area (Å²) in [4.78, 5) is 32.7. The van der Waals surface area contributed by atoms with Crippen LogP contribution in [-0.4, -0.2) is 60.4 Å². The van der Waals surface area contributed by atoms with Crippen LogP contribution < -0.4 is 9.46 Å². The van der Waals surface area contributed by atoms with Crippen molar-refractivity contribution in [2.45, 2.75) is 90.2 Å². The van der Waals surface area contributed by atoms with Gasteiger partial charge in [-0.15, -0.1) is 11.3 Å². The lowest BCUT2D eigenvalue weighted by Crippen LogP contribution is -2.32. The zero-order valence-electron chi connectivity index (χ0n) is 25.2. The zero-order valence-corrected chi connectivity index (χ0v) is 26.9. The van der Waals surface area contributed by atoms with Crippen molar-refractivity contribution in [3.8, 4) is 16.5 Å². The van der Waals surface area contributed by atoms with Gasteiger partial charge in [0.15, 0.2) is 0 Å². The summed E-state index contributed by atoms with van der Waals surface area (Å²) in [5, 5.41) is 1.95. The third-order valence-corrected chi connectivity index (χ3v) is 9.06. The number of nitrogens with zero attached hydrogens (tertiary/aromatic N) is 2. The molecule has 0 amide bonds. The van der Waals surface area contributed by atoms with Crippen molar-refractivity contribution < 1.29 is 32.2 Å². The van der Waals surface area contributed by atoms with Crippen molar-refractivity contribution in [1.82, 2.24) is 14.7 Å². The molecule has 0 aliphatic heterocycles. The molecule has 3 aromatic rings. The molecule has 0 radical (unpaired) electrons. The van der Waals surface area contributed by atoms with E-state index >= 15 is 0 Å². The van der Waals surface area contributed by atoms with Crippen LogP contribution in [0.25, 0.3) is 21.6 Å². The molecule has 2 fully saturated rings. The van der Waals surface area contributed by atoms with Gasteiger partial charge in [0.2, 0.25) is 21.5 Å². The molecule has 0 saturated heterocycles.